The maximum atomic E-state index is 14.1. The average molecular weight is 417 g/mol. The van der Waals surface area contributed by atoms with Crippen molar-refractivity contribution in [2.75, 3.05) is 18.5 Å². The summed E-state index contributed by atoms with van der Waals surface area (Å²) in [5.74, 6) is 0.566. The van der Waals surface area contributed by atoms with Gasteiger partial charge in [-0.15, -0.1) is 0 Å². The van der Waals surface area contributed by atoms with Gasteiger partial charge in [0.2, 0.25) is 0 Å². The molecule has 2 unspecified atom stereocenters. The minimum absolute atomic E-state index is 0.302. The molecule has 0 radical (unpaired) electrons. The fraction of sp³-hybridized carbons (Fsp3) is 0.364. The van der Waals surface area contributed by atoms with E-state index in [0.29, 0.717) is 35.4 Å². The number of hydrogen-bond acceptors (Lipinski definition) is 5. The van der Waals surface area contributed by atoms with Crippen molar-refractivity contribution in [3.05, 3.63) is 60.4 Å². The van der Waals surface area contributed by atoms with Crippen molar-refractivity contribution < 1.29 is 23.0 Å². The smallest absolute Gasteiger partial charge is 0.418 e. The Labute approximate surface area is 171 Å². The fourth-order valence-electron chi connectivity index (χ4n) is 4.13. The van der Waals surface area contributed by atoms with E-state index in [2.05, 4.69) is 15.5 Å². The number of ether oxygens (including phenoxy) is 1. The normalized spacial score (nSPS) is 20.8. The monoisotopic (exact) mass is 417 g/mol. The Morgan fingerprint density at radius 3 is 2.67 bits per heavy atom. The second-order valence-electron chi connectivity index (χ2n) is 8.01. The van der Waals surface area contributed by atoms with Gasteiger partial charge >= 0.3 is 6.18 Å². The van der Waals surface area contributed by atoms with E-state index in [4.69, 9.17) is 4.74 Å². The van der Waals surface area contributed by atoms with Crippen LogP contribution in [-0.2, 0) is 5.41 Å². The number of para-hydroxylation sites is 1. The molecule has 8 heteroatoms. The molecule has 1 aromatic heterocycles. The fourth-order valence-corrected chi connectivity index (χ4v) is 4.13. The molecule has 0 fully saturated rings. The number of halogens is 3. The minimum atomic E-state index is -4.82. The van der Waals surface area contributed by atoms with E-state index in [9.17, 15) is 18.3 Å². The van der Waals surface area contributed by atoms with Gasteiger partial charge in [-0.1, -0.05) is 37.3 Å². The lowest BCUT2D eigenvalue weighted by atomic mass is 9.70. The molecule has 3 aromatic rings. The Morgan fingerprint density at radius 1 is 1.10 bits per heavy atom. The highest BCUT2D eigenvalue weighted by Gasteiger charge is 2.57. The first kappa shape index (κ1) is 20.4. The van der Waals surface area contributed by atoms with Gasteiger partial charge in [0.15, 0.2) is 5.60 Å². The molecule has 30 heavy (non-hydrogen) atoms. The number of anilines is 1. The number of alkyl halides is 3. The molecule has 0 saturated carbocycles. The lowest BCUT2D eigenvalue weighted by molar-refractivity contribution is -0.261. The molecule has 1 aliphatic rings. The lowest BCUT2D eigenvalue weighted by Crippen LogP contribution is -2.54. The second-order valence-corrected chi connectivity index (χ2v) is 8.01. The molecule has 2 N–H and O–H groups in total. The van der Waals surface area contributed by atoms with Crippen LogP contribution < -0.4 is 10.1 Å². The number of aromatic nitrogens is 2. The van der Waals surface area contributed by atoms with Crippen LogP contribution in [-0.4, -0.2) is 40.2 Å². The van der Waals surface area contributed by atoms with Crippen molar-refractivity contribution in [1.29, 1.82) is 0 Å². The molecular formula is C22H22F3N3O2. The molecule has 0 amide bonds. The van der Waals surface area contributed by atoms with E-state index >= 15 is 0 Å². The van der Waals surface area contributed by atoms with E-state index < -0.39 is 30.2 Å². The maximum Gasteiger partial charge on any atom is 0.418 e. The van der Waals surface area contributed by atoms with Gasteiger partial charge in [0, 0.05) is 27.4 Å². The summed E-state index contributed by atoms with van der Waals surface area (Å²) in [6, 6.07) is 12.2. The molecule has 2 atom stereocenters. The molecule has 0 saturated heterocycles. The van der Waals surface area contributed by atoms with Gasteiger partial charge in [-0.05, 0) is 25.0 Å². The van der Waals surface area contributed by atoms with Gasteiger partial charge in [0.1, 0.15) is 5.75 Å². The molecule has 5 nitrogen and oxygen atoms in total. The predicted octanol–water partition coefficient (Wildman–Crippen LogP) is 4.47. The van der Waals surface area contributed by atoms with Crippen LogP contribution in [0.15, 0.2) is 54.9 Å². The Morgan fingerprint density at radius 2 is 1.87 bits per heavy atom. The van der Waals surface area contributed by atoms with E-state index in [-0.39, 0.29) is 0 Å². The van der Waals surface area contributed by atoms with Gasteiger partial charge < -0.3 is 15.2 Å². The number of hydrogen-bond donors (Lipinski definition) is 2. The molecule has 4 rings (SSSR count). The van der Waals surface area contributed by atoms with Crippen molar-refractivity contribution in [2.45, 2.75) is 37.0 Å². The summed E-state index contributed by atoms with van der Waals surface area (Å²) < 4.78 is 47.8. The number of nitrogens with one attached hydrogen (secondary N) is 1. The summed E-state index contributed by atoms with van der Waals surface area (Å²) in [4.78, 5) is 0. The van der Waals surface area contributed by atoms with Crippen LogP contribution in [0.25, 0.3) is 10.8 Å². The molecule has 2 aromatic carbocycles. The first-order chi connectivity index (χ1) is 14.2. The zero-order chi connectivity index (χ0) is 21.4. The van der Waals surface area contributed by atoms with Crippen molar-refractivity contribution >= 4 is 16.5 Å². The first-order valence-corrected chi connectivity index (χ1v) is 9.67. The summed E-state index contributed by atoms with van der Waals surface area (Å²) in [5, 5.41) is 22.6. The molecule has 2 heterocycles. The van der Waals surface area contributed by atoms with Crippen LogP contribution in [0.3, 0.4) is 0 Å². The number of rotatable bonds is 5. The lowest BCUT2D eigenvalue weighted by Gasteiger charge is -2.42. The summed E-state index contributed by atoms with van der Waals surface area (Å²) in [7, 11) is 0. The summed E-state index contributed by atoms with van der Waals surface area (Å²) >= 11 is 0. The quantitative estimate of drug-likeness (QED) is 0.641. The zero-order valence-electron chi connectivity index (χ0n) is 16.4. The third kappa shape index (κ3) is 3.67. The maximum absolute atomic E-state index is 14.1. The zero-order valence-corrected chi connectivity index (χ0v) is 16.4. The van der Waals surface area contributed by atoms with E-state index in [1.807, 2.05) is 0 Å². The van der Waals surface area contributed by atoms with Crippen molar-refractivity contribution in [2.24, 2.45) is 0 Å². The van der Waals surface area contributed by atoms with Crippen LogP contribution in [0.5, 0.6) is 5.75 Å². The predicted molar refractivity (Wildman–Crippen MR) is 108 cm³/mol. The molecular weight excluding hydrogens is 395 g/mol. The van der Waals surface area contributed by atoms with Crippen LogP contribution in [0, 0.1) is 0 Å². The van der Waals surface area contributed by atoms with Crippen LogP contribution >= 0.6 is 0 Å². The Kier molecular flexibility index (Phi) is 5.05. The number of fused-ring (bicyclic) bond motifs is 2. The van der Waals surface area contributed by atoms with Gasteiger partial charge in [-0.2, -0.15) is 23.4 Å². The topological polar surface area (TPSA) is 67.3 Å². The standard InChI is InChI=1S/C22H22F3N3O2/c1-20(9-10-30-19-8-3-2-6-17(19)20)13-21(29,22(23,24)25)14-26-18-7-4-5-15-11-27-28-12-16(15)18/h2-8,11-12,26,29H,9-10,13-14H2,1H3. The molecule has 0 spiro atoms. The summed E-state index contributed by atoms with van der Waals surface area (Å²) in [6.07, 6.45) is -1.90. The highest BCUT2D eigenvalue weighted by molar-refractivity contribution is 5.92. The minimum Gasteiger partial charge on any atom is -0.493 e. The first-order valence-electron chi connectivity index (χ1n) is 9.67. The molecule has 0 aliphatic carbocycles. The largest absolute Gasteiger partial charge is 0.493 e. The number of aliphatic hydroxyl groups is 1. The van der Waals surface area contributed by atoms with Crippen LogP contribution in [0.4, 0.5) is 18.9 Å². The average Bonchev–Trinajstić information content (AvgIpc) is 2.72. The number of benzene rings is 2. The van der Waals surface area contributed by atoms with E-state index in [1.54, 1.807) is 49.4 Å². The van der Waals surface area contributed by atoms with Gasteiger partial charge in [0.05, 0.1) is 25.5 Å². The van der Waals surface area contributed by atoms with Crippen molar-refractivity contribution in [3.63, 3.8) is 0 Å². The van der Waals surface area contributed by atoms with Crippen molar-refractivity contribution in [3.8, 4) is 5.75 Å². The van der Waals surface area contributed by atoms with E-state index in [1.165, 1.54) is 12.4 Å². The summed E-state index contributed by atoms with van der Waals surface area (Å²) in [6.45, 7) is 1.37. The Hall–Kier alpha value is -2.87. The van der Waals surface area contributed by atoms with Gasteiger partial charge in [-0.3, -0.25) is 0 Å². The van der Waals surface area contributed by atoms with E-state index in [0.717, 1.165) is 5.39 Å². The third-order valence-corrected chi connectivity index (χ3v) is 5.82. The highest BCUT2D eigenvalue weighted by Crippen LogP contribution is 2.47. The highest BCUT2D eigenvalue weighted by atomic mass is 19.4. The molecule has 1 aliphatic heterocycles. The van der Waals surface area contributed by atoms with Crippen molar-refractivity contribution in [1.82, 2.24) is 10.2 Å². The molecule has 158 valence electrons. The Bertz CT molecular complexity index is 1050. The number of nitrogens with zero attached hydrogens (tertiary/aromatic N) is 2. The molecule has 0 bridgehead atoms. The van der Waals surface area contributed by atoms with Crippen LogP contribution in [0.1, 0.15) is 25.3 Å². The van der Waals surface area contributed by atoms with Crippen LogP contribution in [0.2, 0.25) is 0 Å². The second kappa shape index (κ2) is 7.43. The third-order valence-electron chi connectivity index (χ3n) is 5.82. The van der Waals surface area contributed by atoms with Gasteiger partial charge in [-0.25, -0.2) is 0 Å². The Balaban J connectivity index is 1.64. The van der Waals surface area contributed by atoms with Gasteiger partial charge in [0.25, 0.3) is 0 Å². The SMILES string of the molecule is CC1(CC(O)(CNc2cccc3cnncc23)C(F)(F)F)CCOc2ccccc21. The summed E-state index contributed by atoms with van der Waals surface area (Å²) in [5.41, 5.74) is -2.68.